The van der Waals surface area contributed by atoms with E-state index in [1.807, 2.05) is 32.0 Å². The number of para-hydroxylation sites is 2. The van der Waals surface area contributed by atoms with Crippen LogP contribution in [0, 0.1) is 0 Å². The second-order valence-electron chi connectivity index (χ2n) is 5.19. The molecule has 0 saturated carbocycles. The second kappa shape index (κ2) is 6.75. The molecule has 0 N–H and O–H groups in total. The highest BCUT2D eigenvalue weighted by Gasteiger charge is 2.25. The van der Waals surface area contributed by atoms with Gasteiger partial charge < -0.3 is 9.64 Å². The van der Waals surface area contributed by atoms with Gasteiger partial charge in [0.2, 0.25) is 0 Å². The fourth-order valence-corrected chi connectivity index (χ4v) is 2.74. The molecule has 1 fully saturated rings. The lowest BCUT2D eigenvalue weighted by molar-refractivity contribution is -0.123. The Kier molecular flexibility index (Phi) is 5.01. The SMILES string of the molecule is CCC(=O)C(C)N1CCN(c2ccccc2OC)CC1. The fourth-order valence-electron chi connectivity index (χ4n) is 2.74. The van der Waals surface area contributed by atoms with Crippen LogP contribution in [0.3, 0.4) is 0 Å². The first-order chi connectivity index (χ1) is 9.67. The highest BCUT2D eigenvalue weighted by Crippen LogP contribution is 2.28. The zero-order valence-electron chi connectivity index (χ0n) is 12.6. The number of methoxy groups -OCH3 is 1. The van der Waals surface area contributed by atoms with Gasteiger partial charge in [0.25, 0.3) is 0 Å². The number of hydrogen-bond acceptors (Lipinski definition) is 4. The standard InChI is InChI=1S/C16H24N2O2/c1-4-15(19)13(2)17-9-11-18(12-10-17)14-7-5-6-8-16(14)20-3/h5-8,13H,4,9-12H2,1-3H3. The van der Waals surface area contributed by atoms with E-state index in [4.69, 9.17) is 4.74 Å². The van der Waals surface area contributed by atoms with E-state index < -0.39 is 0 Å². The van der Waals surface area contributed by atoms with Crippen LogP contribution < -0.4 is 9.64 Å². The molecule has 1 aliphatic rings. The van der Waals surface area contributed by atoms with E-state index in [2.05, 4.69) is 15.9 Å². The third-order valence-corrected chi connectivity index (χ3v) is 4.10. The number of ketones is 1. The van der Waals surface area contributed by atoms with Crippen LogP contribution in [-0.4, -0.2) is 50.0 Å². The first-order valence-corrected chi connectivity index (χ1v) is 7.32. The average Bonchev–Trinajstić information content (AvgIpc) is 2.53. The molecule has 0 aromatic heterocycles. The maximum atomic E-state index is 11.8. The minimum atomic E-state index is 0.0415. The molecule has 1 atom stereocenters. The lowest BCUT2D eigenvalue weighted by atomic mass is 10.1. The summed E-state index contributed by atoms with van der Waals surface area (Å²) in [6.07, 6.45) is 0.619. The van der Waals surface area contributed by atoms with Crippen molar-refractivity contribution in [1.29, 1.82) is 0 Å². The molecule has 1 aromatic carbocycles. The monoisotopic (exact) mass is 276 g/mol. The van der Waals surface area contributed by atoms with Crippen molar-refractivity contribution in [3.8, 4) is 5.75 Å². The summed E-state index contributed by atoms with van der Waals surface area (Å²) in [5.41, 5.74) is 1.14. The van der Waals surface area contributed by atoms with Gasteiger partial charge in [-0.15, -0.1) is 0 Å². The third-order valence-electron chi connectivity index (χ3n) is 4.10. The maximum absolute atomic E-state index is 11.8. The lowest BCUT2D eigenvalue weighted by Crippen LogP contribution is -2.51. The second-order valence-corrected chi connectivity index (χ2v) is 5.19. The molecule has 4 heteroatoms. The van der Waals surface area contributed by atoms with Gasteiger partial charge in [0, 0.05) is 32.6 Å². The Balaban J connectivity index is 1.99. The Labute approximate surface area is 121 Å². The predicted molar refractivity (Wildman–Crippen MR) is 81.5 cm³/mol. The number of nitrogens with zero attached hydrogens (tertiary/aromatic N) is 2. The van der Waals surface area contributed by atoms with Crippen LogP contribution in [0.2, 0.25) is 0 Å². The molecule has 0 amide bonds. The zero-order chi connectivity index (χ0) is 14.5. The van der Waals surface area contributed by atoms with E-state index in [9.17, 15) is 4.79 Å². The Morgan fingerprint density at radius 2 is 1.90 bits per heavy atom. The van der Waals surface area contributed by atoms with Crippen LogP contribution in [0.15, 0.2) is 24.3 Å². The topological polar surface area (TPSA) is 32.8 Å². The number of Topliss-reactive ketones (excluding diaryl/α,β-unsaturated/α-hetero) is 1. The first kappa shape index (κ1) is 14.9. The van der Waals surface area contributed by atoms with Crippen molar-refractivity contribution in [2.24, 2.45) is 0 Å². The molecule has 110 valence electrons. The zero-order valence-corrected chi connectivity index (χ0v) is 12.6. The van der Waals surface area contributed by atoms with Crippen LogP contribution in [0.25, 0.3) is 0 Å². The summed E-state index contributed by atoms with van der Waals surface area (Å²) in [4.78, 5) is 16.4. The van der Waals surface area contributed by atoms with E-state index in [0.29, 0.717) is 12.2 Å². The molecular formula is C16H24N2O2. The molecule has 1 heterocycles. The molecule has 1 unspecified atom stereocenters. The largest absolute Gasteiger partial charge is 0.495 e. The summed E-state index contributed by atoms with van der Waals surface area (Å²) in [5, 5.41) is 0. The molecule has 1 aliphatic heterocycles. The first-order valence-electron chi connectivity index (χ1n) is 7.32. The van der Waals surface area contributed by atoms with Crippen LogP contribution in [0.4, 0.5) is 5.69 Å². The molecule has 0 bridgehead atoms. The van der Waals surface area contributed by atoms with E-state index in [1.54, 1.807) is 7.11 Å². The van der Waals surface area contributed by atoms with Gasteiger partial charge in [-0.1, -0.05) is 19.1 Å². The van der Waals surface area contributed by atoms with E-state index >= 15 is 0 Å². The maximum Gasteiger partial charge on any atom is 0.149 e. The molecule has 2 rings (SSSR count). The summed E-state index contributed by atoms with van der Waals surface area (Å²) in [6, 6.07) is 8.15. The van der Waals surface area contributed by atoms with Crippen molar-refractivity contribution in [2.75, 3.05) is 38.2 Å². The Morgan fingerprint density at radius 3 is 2.50 bits per heavy atom. The summed E-state index contributed by atoms with van der Waals surface area (Å²) in [7, 11) is 1.71. The van der Waals surface area contributed by atoms with Gasteiger partial charge >= 0.3 is 0 Å². The van der Waals surface area contributed by atoms with Gasteiger partial charge in [-0.2, -0.15) is 0 Å². The van der Waals surface area contributed by atoms with Gasteiger partial charge in [-0.3, -0.25) is 9.69 Å². The van der Waals surface area contributed by atoms with Crippen molar-refractivity contribution in [3.05, 3.63) is 24.3 Å². The lowest BCUT2D eigenvalue weighted by Gasteiger charge is -2.38. The van der Waals surface area contributed by atoms with Crippen molar-refractivity contribution in [1.82, 2.24) is 4.90 Å². The van der Waals surface area contributed by atoms with Crippen LogP contribution >= 0.6 is 0 Å². The van der Waals surface area contributed by atoms with E-state index in [0.717, 1.165) is 37.6 Å². The number of carbonyl (C=O) groups is 1. The molecule has 0 spiro atoms. The summed E-state index contributed by atoms with van der Waals surface area (Å²) in [5.74, 6) is 1.24. The molecule has 4 nitrogen and oxygen atoms in total. The Hall–Kier alpha value is -1.55. The summed E-state index contributed by atoms with van der Waals surface area (Å²) in [6.45, 7) is 7.66. The number of piperazine rings is 1. The average molecular weight is 276 g/mol. The molecule has 0 radical (unpaired) electrons. The van der Waals surface area contributed by atoms with Crippen LogP contribution in [0.5, 0.6) is 5.75 Å². The number of hydrogen-bond donors (Lipinski definition) is 0. The summed E-state index contributed by atoms with van der Waals surface area (Å²) < 4.78 is 5.42. The molecule has 1 aromatic rings. The van der Waals surface area contributed by atoms with Crippen molar-refractivity contribution < 1.29 is 9.53 Å². The smallest absolute Gasteiger partial charge is 0.149 e. The Bertz CT molecular complexity index is 454. The normalized spacial score (nSPS) is 17.9. The van der Waals surface area contributed by atoms with E-state index in [-0.39, 0.29) is 6.04 Å². The number of ether oxygens (including phenoxy) is 1. The number of carbonyl (C=O) groups excluding carboxylic acids is 1. The molecular weight excluding hydrogens is 252 g/mol. The predicted octanol–water partition coefficient (Wildman–Crippen LogP) is 2.18. The quantitative estimate of drug-likeness (QED) is 0.825. The number of rotatable bonds is 5. The Morgan fingerprint density at radius 1 is 1.25 bits per heavy atom. The fraction of sp³-hybridized carbons (Fsp3) is 0.562. The minimum absolute atomic E-state index is 0.0415. The molecule has 20 heavy (non-hydrogen) atoms. The number of anilines is 1. The van der Waals surface area contributed by atoms with Gasteiger partial charge in [-0.25, -0.2) is 0 Å². The van der Waals surface area contributed by atoms with Gasteiger partial charge in [0.1, 0.15) is 11.5 Å². The van der Waals surface area contributed by atoms with Crippen LogP contribution in [0.1, 0.15) is 20.3 Å². The van der Waals surface area contributed by atoms with E-state index in [1.165, 1.54) is 0 Å². The van der Waals surface area contributed by atoms with Gasteiger partial charge in [0.15, 0.2) is 0 Å². The minimum Gasteiger partial charge on any atom is -0.495 e. The highest BCUT2D eigenvalue weighted by molar-refractivity contribution is 5.83. The molecule has 1 saturated heterocycles. The third kappa shape index (κ3) is 3.12. The highest BCUT2D eigenvalue weighted by atomic mass is 16.5. The van der Waals surface area contributed by atoms with Crippen molar-refractivity contribution in [3.63, 3.8) is 0 Å². The van der Waals surface area contributed by atoms with Crippen molar-refractivity contribution >= 4 is 11.5 Å². The van der Waals surface area contributed by atoms with Gasteiger partial charge in [-0.05, 0) is 19.1 Å². The van der Waals surface area contributed by atoms with Crippen molar-refractivity contribution in [2.45, 2.75) is 26.3 Å². The van der Waals surface area contributed by atoms with Gasteiger partial charge in [0.05, 0.1) is 18.8 Å². The number of benzene rings is 1. The summed E-state index contributed by atoms with van der Waals surface area (Å²) >= 11 is 0. The molecule has 0 aliphatic carbocycles. The van der Waals surface area contributed by atoms with Crippen LogP contribution in [-0.2, 0) is 4.79 Å².